The van der Waals surface area contributed by atoms with Gasteiger partial charge in [0.15, 0.2) is 6.73 Å². The first-order valence-corrected chi connectivity index (χ1v) is 5.73. The topological polar surface area (TPSA) is 50.4 Å². The Hall–Kier alpha value is -1.71. The molecule has 0 aliphatic heterocycles. The van der Waals surface area contributed by atoms with Crippen molar-refractivity contribution < 1.29 is 9.53 Å². The second-order valence-electron chi connectivity index (χ2n) is 4.34. The molecule has 94 valence electrons. The monoisotopic (exact) mass is 236 g/mol. The van der Waals surface area contributed by atoms with Crippen LogP contribution in [0.4, 0.5) is 4.79 Å². The number of nitrogens with one attached hydrogen (secondary N) is 2. The van der Waals surface area contributed by atoms with Crippen molar-refractivity contribution >= 4 is 6.03 Å². The Morgan fingerprint density at radius 1 is 1.29 bits per heavy atom. The maximum Gasteiger partial charge on any atom is 0.317 e. The summed E-state index contributed by atoms with van der Waals surface area (Å²) in [4.78, 5) is 11.3. The summed E-state index contributed by atoms with van der Waals surface area (Å²) in [6.45, 7) is 8.06. The van der Waals surface area contributed by atoms with Crippen molar-refractivity contribution in [1.29, 1.82) is 0 Å². The van der Waals surface area contributed by atoms with Crippen LogP contribution in [0.2, 0.25) is 0 Å². The SMILES string of the molecule is Cc1ccc(OCNC(=O)NC(C)C)cc1C. The van der Waals surface area contributed by atoms with E-state index in [4.69, 9.17) is 4.74 Å². The summed E-state index contributed by atoms with van der Waals surface area (Å²) in [6.07, 6.45) is 0. The standard InChI is InChI=1S/C13H20N2O2/c1-9(2)15-13(16)14-8-17-12-6-5-10(3)11(4)7-12/h5-7,9H,8H2,1-4H3,(H2,14,15,16). The third-order valence-electron chi connectivity index (χ3n) is 2.37. The van der Waals surface area contributed by atoms with Crippen molar-refractivity contribution in [2.45, 2.75) is 33.7 Å². The molecule has 0 aromatic heterocycles. The summed E-state index contributed by atoms with van der Waals surface area (Å²) >= 11 is 0. The van der Waals surface area contributed by atoms with E-state index in [2.05, 4.69) is 10.6 Å². The lowest BCUT2D eigenvalue weighted by Gasteiger charge is -2.11. The molecule has 0 radical (unpaired) electrons. The van der Waals surface area contributed by atoms with Gasteiger partial charge in [0, 0.05) is 6.04 Å². The molecule has 0 aliphatic rings. The highest BCUT2D eigenvalue weighted by Crippen LogP contribution is 2.15. The smallest absolute Gasteiger partial charge is 0.317 e. The highest BCUT2D eigenvalue weighted by molar-refractivity contribution is 5.73. The van der Waals surface area contributed by atoms with Crippen molar-refractivity contribution in [3.63, 3.8) is 0 Å². The van der Waals surface area contributed by atoms with Gasteiger partial charge in [0.25, 0.3) is 0 Å². The summed E-state index contributed by atoms with van der Waals surface area (Å²) < 4.78 is 5.42. The van der Waals surface area contributed by atoms with Crippen LogP contribution in [0, 0.1) is 13.8 Å². The molecular formula is C13H20N2O2. The molecule has 0 saturated carbocycles. The third-order valence-corrected chi connectivity index (χ3v) is 2.37. The van der Waals surface area contributed by atoms with Crippen LogP contribution < -0.4 is 15.4 Å². The molecule has 0 bridgehead atoms. The van der Waals surface area contributed by atoms with Crippen LogP contribution in [0.3, 0.4) is 0 Å². The molecule has 0 saturated heterocycles. The average molecular weight is 236 g/mol. The van der Waals surface area contributed by atoms with Crippen molar-refractivity contribution in [2.75, 3.05) is 6.73 Å². The number of amides is 2. The fourth-order valence-electron chi connectivity index (χ4n) is 1.30. The highest BCUT2D eigenvalue weighted by atomic mass is 16.5. The molecule has 0 unspecified atom stereocenters. The predicted molar refractivity (Wildman–Crippen MR) is 68.2 cm³/mol. The van der Waals surface area contributed by atoms with Crippen LogP contribution in [0.25, 0.3) is 0 Å². The van der Waals surface area contributed by atoms with Gasteiger partial charge in [-0.1, -0.05) is 6.07 Å². The first-order valence-electron chi connectivity index (χ1n) is 5.73. The van der Waals surface area contributed by atoms with Crippen molar-refractivity contribution in [3.8, 4) is 5.75 Å². The van der Waals surface area contributed by atoms with Crippen LogP contribution in [0.5, 0.6) is 5.75 Å². The fraction of sp³-hybridized carbons (Fsp3) is 0.462. The van der Waals surface area contributed by atoms with Gasteiger partial charge in [-0.2, -0.15) is 0 Å². The Morgan fingerprint density at radius 3 is 2.59 bits per heavy atom. The maximum absolute atomic E-state index is 11.3. The number of ether oxygens (including phenoxy) is 1. The van der Waals surface area contributed by atoms with E-state index < -0.39 is 0 Å². The van der Waals surface area contributed by atoms with E-state index in [9.17, 15) is 4.79 Å². The van der Waals surface area contributed by atoms with Gasteiger partial charge in [0.1, 0.15) is 5.75 Å². The molecule has 0 heterocycles. The maximum atomic E-state index is 11.3. The van der Waals surface area contributed by atoms with Crippen LogP contribution in [0.1, 0.15) is 25.0 Å². The minimum absolute atomic E-state index is 0.122. The number of benzene rings is 1. The second-order valence-corrected chi connectivity index (χ2v) is 4.34. The summed E-state index contributed by atoms with van der Waals surface area (Å²) in [5.41, 5.74) is 2.40. The fourth-order valence-corrected chi connectivity index (χ4v) is 1.30. The molecule has 1 aromatic carbocycles. The molecule has 17 heavy (non-hydrogen) atoms. The van der Waals surface area contributed by atoms with E-state index in [0.717, 1.165) is 5.75 Å². The largest absolute Gasteiger partial charge is 0.473 e. The molecule has 0 spiro atoms. The number of carbonyl (C=O) groups is 1. The zero-order valence-electron chi connectivity index (χ0n) is 10.8. The van der Waals surface area contributed by atoms with Crippen LogP contribution in [-0.2, 0) is 0 Å². The molecule has 0 aliphatic carbocycles. The minimum Gasteiger partial charge on any atom is -0.473 e. The van der Waals surface area contributed by atoms with Crippen LogP contribution in [-0.4, -0.2) is 18.8 Å². The minimum atomic E-state index is -0.219. The lowest BCUT2D eigenvalue weighted by Crippen LogP contribution is -2.41. The van der Waals surface area contributed by atoms with Crippen LogP contribution in [0.15, 0.2) is 18.2 Å². The van der Waals surface area contributed by atoms with Gasteiger partial charge >= 0.3 is 6.03 Å². The van der Waals surface area contributed by atoms with E-state index in [-0.39, 0.29) is 18.8 Å². The van der Waals surface area contributed by atoms with E-state index in [1.54, 1.807) is 0 Å². The van der Waals surface area contributed by atoms with E-state index >= 15 is 0 Å². The molecule has 1 aromatic rings. The second kappa shape index (κ2) is 6.13. The number of carbonyl (C=O) groups excluding carboxylic acids is 1. The van der Waals surface area contributed by atoms with Gasteiger partial charge in [0.2, 0.25) is 0 Å². The summed E-state index contributed by atoms with van der Waals surface area (Å²) in [7, 11) is 0. The molecule has 2 amide bonds. The summed E-state index contributed by atoms with van der Waals surface area (Å²) in [5.74, 6) is 0.762. The summed E-state index contributed by atoms with van der Waals surface area (Å²) in [6, 6.07) is 5.75. The van der Waals surface area contributed by atoms with Crippen molar-refractivity contribution in [2.24, 2.45) is 0 Å². The molecule has 4 heteroatoms. The normalized spacial score (nSPS) is 10.2. The Kier molecular flexibility index (Phi) is 4.82. The Bertz CT molecular complexity index is 389. The molecular weight excluding hydrogens is 216 g/mol. The van der Waals surface area contributed by atoms with Crippen molar-refractivity contribution in [3.05, 3.63) is 29.3 Å². The third kappa shape index (κ3) is 4.76. The van der Waals surface area contributed by atoms with Gasteiger partial charge in [-0.25, -0.2) is 4.79 Å². The Labute approximate surface area is 102 Å². The van der Waals surface area contributed by atoms with E-state index in [1.807, 2.05) is 45.9 Å². The van der Waals surface area contributed by atoms with Crippen molar-refractivity contribution in [1.82, 2.24) is 10.6 Å². The zero-order valence-corrected chi connectivity index (χ0v) is 10.8. The van der Waals surface area contributed by atoms with Gasteiger partial charge in [-0.3, -0.25) is 0 Å². The number of aryl methyl sites for hydroxylation is 2. The molecule has 2 N–H and O–H groups in total. The van der Waals surface area contributed by atoms with Gasteiger partial charge in [0.05, 0.1) is 0 Å². The number of rotatable bonds is 4. The molecule has 4 nitrogen and oxygen atoms in total. The lowest BCUT2D eigenvalue weighted by atomic mass is 10.1. The van der Waals surface area contributed by atoms with Gasteiger partial charge in [-0.05, 0) is 51.0 Å². The first kappa shape index (κ1) is 13.4. The predicted octanol–water partition coefficient (Wildman–Crippen LogP) is 2.35. The number of hydrogen-bond acceptors (Lipinski definition) is 2. The Balaban J connectivity index is 2.36. The Morgan fingerprint density at radius 2 is 2.00 bits per heavy atom. The zero-order chi connectivity index (χ0) is 12.8. The highest BCUT2D eigenvalue weighted by Gasteiger charge is 2.02. The van der Waals surface area contributed by atoms with Gasteiger partial charge < -0.3 is 15.4 Å². The van der Waals surface area contributed by atoms with E-state index in [0.29, 0.717) is 0 Å². The first-order chi connectivity index (χ1) is 7.99. The molecule has 1 rings (SSSR count). The number of urea groups is 1. The average Bonchev–Trinajstić information content (AvgIpc) is 2.22. The quantitative estimate of drug-likeness (QED) is 0.788. The van der Waals surface area contributed by atoms with E-state index in [1.165, 1.54) is 11.1 Å². The molecule has 0 fully saturated rings. The lowest BCUT2D eigenvalue weighted by molar-refractivity contribution is 0.222. The van der Waals surface area contributed by atoms with Crippen LogP contribution >= 0.6 is 0 Å². The summed E-state index contributed by atoms with van der Waals surface area (Å²) in [5, 5.41) is 5.34. The van der Waals surface area contributed by atoms with Gasteiger partial charge in [-0.15, -0.1) is 0 Å². The molecule has 0 atom stereocenters. The number of hydrogen-bond donors (Lipinski definition) is 2.